The molecule has 112 valence electrons. The summed E-state index contributed by atoms with van der Waals surface area (Å²) < 4.78 is 10.9. The van der Waals surface area contributed by atoms with Gasteiger partial charge in [-0.3, -0.25) is 4.90 Å². The molecule has 1 unspecified atom stereocenters. The van der Waals surface area contributed by atoms with Crippen LogP contribution in [0.1, 0.15) is 26.2 Å². The summed E-state index contributed by atoms with van der Waals surface area (Å²) in [6.07, 6.45) is 2.79. The molecule has 0 saturated carbocycles. The third-order valence-corrected chi connectivity index (χ3v) is 3.89. The monoisotopic (exact) mass is 279 g/mol. The van der Waals surface area contributed by atoms with E-state index >= 15 is 0 Å². The van der Waals surface area contributed by atoms with E-state index in [0.717, 1.165) is 50.4 Å². The van der Waals surface area contributed by atoms with Crippen molar-refractivity contribution in [2.75, 3.05) is 33.4 Å². The van der Waals surface area contributed by atoms with Gasteiger partial charge in [-0.1, -0.05) is 0 Å². The lowest BCUT2D eigenvalue weighted by Crippen LogP contribution is -2.31. The van der Waals surface area contributed by atoms with Crippen molar-refractivity contribution in [2.45, 2.75) is 31.8 Å². The Kier molecular flexibility index (Phi) is 5.26. The van der Waals surface area contributed by atoms with Crippen LogP contribution in [0.2, 0.25) is 0 Å². The molecular formula is C16H25NO3. The third kappa shape index (κ3) is 4.69. The van der Waals surface area contributed by atoms with E-state index in [0.29, 0.717) is 6.61 Å². The predicted molar refractivity (Wildman–Crippen MR) is 79.4 cm³/mol. The molecule has 1 heterocycles. The van der Waals surface area contributed by atoms with Gasteiger partial charge in [0.25, 0.3) is 0 Å². The maximum Gasteiger partial charge on any atom is 0.119 e. The van der Waals surface area contributed by atoms with Crippen molar-refractivity contribution < 1.29 is 14.6 Å². The number of rotatable bonds is 5. The molecule has 1 atom stereocenters. The SMILES string of the molecule is COc1ccc(OCCN2CCCC(C)(O)CC2)cc1. The zero-order valence-corrected chi connectivity index (χ0v) is 12.5. The maximum absolute atomic E-state index is 10.1. The van der Waals surface area contributed by atoms with E-state index in [4.69, 9.17) is 9.47 Å². The number of hydrogen-bond donors (Lipinski definition) is 1. The van der Waals surface area contributed by atoms with Crippen molar-refractivity contribution >= 4 is 0 Å². The van der Waals surface area contributed by atoms with Gasteiger partial charge in [0.05, 0.1) is 12.7 Å². The molecule has 1 saturated heterocycles. The largest absolute Gasteiger partial charge is 0.497 e. The summed E-state index contributed by atoms with van der Waals surface area (Å²) in [5, 5.41) is 10.1. The molecule has 0 spiro atoms. The Hall–Kier alpha value is -1.26. The first-order valence-electron chi connectivity index (χ1n) is 7.31. The van der Waals surface area contributed by atoms with Gasteiger partial charge in [-0.25, -0.2) is 0 Å². The molecule has 2 rings (SSSR count). The number of aliphatic hydroxyl groups is 1. The summed E-state index contributed by atoms with van der Waals surface area (Å²) in [5.74, 6) is 1.71. The second-order valence-electron chi connectivity index (χ2n) is 5.72. The van der Waals surface area contributed by atoms with Crippen LogP contribution in [0, 0.1) is 0 Å². The number of methoxy groups -OCH3 is 1. The van der Waals surface area contributed by atoms with Gasteiger partial charge in [-0.05, 0) is 57.0 Å². The van der Waals surface area contributed by atoms with Crippen LogP contribution >= 0.6 is 0 Å². The molecule has 0 radical (unpaired) electrons. The lowest BCUT2D eigenvalue weighted by Gasteiger charge is -2.22. The van der Waals surface area contributed by atoms with Crippen LogP contribution in [0.5, 0.6) is 11.5 Å². The molecule has 0 bridgehead atoms. The van der Waals surface area contributed by atoms with Crippen LogP contribution in [0.4, 0.5) is 0 Å². The van der Waals surface area contributed by atoms with Gasteiger partial charge < -0.3 is 14.6 Å². The lowest BCUT2D eigenvalue weighted by atomic mass is 9.98. The van der Waals surface area contributed by atoms with E-state index in [1.54, 1.807) is 7.11 Å². The summed E-state index contributed by atoms with van der Waals surface area (Å²) in [6.45, 7) is 5.50. The summed E-state index contributed by atoms with van der Waals surface area (Å²) in [7, 11) is 1.66. The minimum Gasteiger partial charge on any atom is -0.497 e. The molecule has 20 heavy (non-hydrogen) atoms. The zero-order valence-electron chi connectivity index (χ0n) is 12.5. The van der Waals surface area contributed by atoms with Crippen molar-refractivity contribution in [3.05, 3.63) is 24.3 Å². The number of nitrogens with zero attached hydrogens (tertiary/aromatic N) is 1. The normalized spacial score (nSPS) is 24.1. The average Bonchev–Trinajstić information content (AvgIpc) is 2.61. The molecule has 0 aliphatic carbocycles. The minimum absolute atomic E-state index is 0.494. The molecular weight excluding hydrogens is 254 g/mol. The highest BCUT2D eigenvalue weighted by Gasteiger charge is 2.24. The summed E-state index contributed by atoms with van der Waals surface area (Å²) in [4.78, 5) is 2.37. The van der Waals surface area contributed by atoms with E-state index < -0.39 is 5.60 Å². The number of benzene rings is 1. The highest BCUT2D eigenvalue weighted by Crippen LogP contribution is 2.21. The van der Waals surface area contributed by atoms with Crippen molar-refractivity contribution in [3.8, 4) is 11.5 Å². The molecule has 0 amide bonds. The first kappa shape index (κ1) is 15.1. The molecule has 4 heteroatoms. The topological polar surface area (TPSA) is 41.9 Å². The van der Waals surface area contributed by atoms with Crippen LogP contribution in [0.3, 0.4) is 0 Å². The molecule has 1 aliphatic heterocycles. The summed E-state index contributed by atoms with van der Waals surface area (Å²) in [6, 6.07) is 7.65. The number of likely N-dealkylation sites (tertiary alicyclic amines) is 1. The second-order valence-corrected chi connectivity index (χ2v) is 5.72. The Balaban J connectivity index is 1.72. The smallest absolute Gasteiger partial charge is 0.119 e. The van der Waals surface area contributed by atoms with Gasteiger partial charge in [0, 0.05) is 13.1 Å². The van der Waals surface area contributed by atoms with Gasteiger partial charge in [-0.15, -0.1) is 0 Å². The molecule has 1 fully saturated rings. The van der Waals surface area contributed by atoms with Crippen LogP contribution in [-0.4, -0.2) is 49.0 Å². The van der Waals surface area contributed by atoms with Crippen LogP contribution in [-0.2, 0) is 0 Å². The highest BCUT2D eigenvalue weighted by molar-refractivity contribution is 5.31. The Labute approximate surface area is 121 Å². The van der Waals surface area contributed by atoms with Crippen LogP contribution < -0.4 is 9.47 Å². The van der Waals surface area contributed by atoms with E-state index in [1.807, 2.05) is 31.2 Å². The van der Waals surface area contributed by atoms with Crippen LogP contribution in [0.15, 0.2) is 24.3 Å². The molecule has 1 N–H and O–H groups in total. The highest BCUT2D eigenvalue weighted by atomic mass is 16.5. The van der Waals surface area contributed by atoms with Crippen molar-refractivity contribution in [2.24, 2.45) is 0 Å². The minimum atomic E-state index is -0.494. The average molecular weight is 279 g/mol. The Bertz CT molecular complexity index is 403. The fraction of sp³-hybridized carbons (Fsp3) is 0.625. The van der Waals surface area contributed by atoms with Gasteiger partial charge >= 0.3 is 0 Å². The fourth-order valence-corrected chi connectivity index (χ4v) is 2.51. The Morgan fingerprint density at radius 3 is 2.55 bits per heavy atom. The van der Waals surface area contributed by atoms with E-state index in [1.165, 1.54) is 0 Å². The third-order valence-electron chi connectivity index (χ3n) is 3.89. The van der Waals surface area contributed by atoms with Gasteiger partial charge in [0.2, 0.25) is 0 Å². The summed E-state index contributed by atoms with van der Waals surface area (Å²) >= 11 is 0. The van der Waals surface area contributed by atoms with Crippen molar-refractivity contribution in [3.63, 3.8) is 0 Å². The zero-order chi connectivity index (χ0) is 14.4. The summed E-state index contributed by atoms with van der Waals surface area (Å²) in [5.41, 5.74) is -0.494. The first-order valence-corrected chi connectivity index (χ1v) is 7.31. The molecule has 1 aromatic rings. The predicted octanol–water partition coefficient (Wildman–Crippen LogP) is 2.31. The lowest BCUT2D eigenvalue weighted by molar-refractivity contribution is 0.0442. The Morgan fingerprint density at radius 2 is 1.85 bits per heavy atom. The maximum atomic E-state index is 10.1. The Morgan fingerprint density at radius 1 is 1.15 bits per heavy atom. The molecule has 0 aromatic heterocycles. The second kappa shape index (κ2) is 6.95. The van der Waals surface area contributed by atoms with Crippen molar-refractivity contribution in [1.29, 1.82) is 0 Å². The van der Waals surface area contributed by atoms with Gasteiger partial charge in [0.1, 0.15) is 18.1 Å². The van der Waals surface area contributed by atoms with E-state index in [2.05, 4.69) is 4.90 Å². The van der Waals surface area contributed by atoms with Crippen LogP contribution in [0.25, 0.3) is 0 Å². The number of hydrogen-bond acceptors (Lipinski definition) is 4. The fourth-order valence-electron chi connectivity index (χ4n) is 2.51. The number of ether oxygens (including phenoxy) is 2. The van der Waals surface area contributed by atoms with Crippen molar-refractivity contribution in [1.82, 2.24) is 4.90 Å². The molecule has 4 nitrogen and oxygen atoms in total. The van der Waals surface area contributed by atoms with E-state index in [-0.39, 0.29) is 0 Å². The standard InChI is InChI=1S/C16H25NO3/c1-16(18)8-3-10-17(11-9-16)12-13-20-15-6-4-14(19-2)5-7-15/h4-7,18H,3,8-13H2,1-2H3. The van der Waals surface area contributed by atoms with Gasteiger partial charge in [0.15, 0.2) is 0 Å². The van der Waals surface area contributed by atoms with Gasteiger partial charge in [-0.2, -0.15) is 0 Å². The van der Waals surface area contributed by atoms with E-state index in [9.17, 15) is 5.11 Å². The quantitative estimate of drug-likeness (QED) is 0.898. The first-order chi connectivity index (χ1) is 9.59. The molecule has 1 aliphatic rings. The molecule has 1 aromatic carbocycles.